The van der Waals surface area contributed by atoms with Crippen molar-refractivity contribution in [2.45, 2.75) is 33.6 Å². The molecule has 5 nitrogen and oxygen atoms in total. The SMILES string of the molecule is Cc1nc(NC(=O)C(=O)N2CCC(C)CC2)sc1C. The largest absolute Gasteiger partial charge is 0.334 e. The summed E-state index contributed by atoms with van der Waals surface area (Å²) in [7, 11) is 0. The zero-order valence-corrected chi connectivity index (χ0v) is 12.3. The molecule has 104 valence electrons. The van der Waals surface area contributed by atoms with Gasteiger partial charge >= 0.3 is 11.8 Å². The number of thiazole rings is 1. The van der Waals surface area contributed by atoms with Crippen LogP contribution in [0, 0.1) is 19.8 Å². The van der Waals surface area contributed by atoms with Crippen LogP contribution < -0.4 is 5.32 Å². The first-order valence-corrected chi connectivity index (χ1v) is 7.33. The summed E-state index contributed by atoms with van der Waals surface area (Å²) in [5.74, 6) is -0.392. The Morgan fingerprint density at radius 1 is 1.32 bits per heavy atom. The van der Waals surface area contributed by atoms with Crippen LogP contribution in [0.4, 0.5) is 5.13 Å². The number of hydrogen-bond donors (Lipinski definition) is 1. The minimum Gasteiger partial charge on any atom is -0.334 e. The van der Waals surface area contributed by atoms with Crippen LogP contribution in [0.5, 0.6) is 0 Å². The number of rotatable bonds is 1. The summed E-state index contributed by atoms with van der Waals surface area (Å²) in [5.41, 5.74) is 0.888. The van der Waals surface area contributed by atoms with Gasteiger partial charge in [-0.1, -0.05) is 6.92 Å². The molecule has 1 fully saturated rings. The van der Waals surface area contributed by atoms with Crippen LogP contribution >= 0.6 is 11.3 Å². The molecule has 1 aromatic rings. The summed E-state index contributed by atoms with van der Waals surface area (Å²) in [4.78, 5) is 30.8. The number of likely N-dealkylation sites (tertiary alicyclic amines) is 1. The van der Waals surface area contributed by atoms with Crippen molar-refractivity contribution in [3.8, 4) is 0 Å². The Labute approximate surface area is 117 Å². The molecule has 0 atom stereocenters. The van der Waals surface area contributed by atoms with Gasteiger partial charge in [-0.25, -0.2) is 4.98 Å². The standard InChI is InChI=1S/C13H19N3O2S/c1-8-4-6-16(7-5-8)12(18)11(17)15-13-14-9(2)10(3)19-13/h8H,4-7H2,1-3H3,(H,14,15,17). The van der Waals surface area contributed by atoms with Crippen molar-refractivity contribution in [2.75, 3.05) is 18.4 Å². The van der Waals surface area contributed by atoms with Crippen LogP contribution in [0.1, 0.15) is 30.3 Å². The molecule has 0 saturated carbocycles. The average Bonchev–Trinajstić information content (AvgIpc) is 2.68. The lowest BCUT2D eigenvalue weighted by Crippen LogP contribution is -2.43. The molecule has 2 heterocycles. The molecular weight excluding hydrogens is 262 g/mol. The Kier molecular flexibility index (Phi) is 4.19. The van der Waals surface area contributed by atoms with Crippen LogP contribution in [0.3, 0.4) is 0 Å². The Bertz CT molecular complexity index is 471. The highest BCUT2D eigenvalue weighted by atomic mass is 32.1. The van der Waals surface area contributed by atoms with E-state index in [1.807, 2.05) is 13.8 Å². The minimum absolute atomic E-state index is 0.447. The molecule has 0 spiro atoms. The van der Waals surface area contributed by atoms with Gasteiger partial charge in [0.1, 0.15) is 0 Å². The van der Waals surface area contributed by atoms with Crippen LogP contribution in [-0.2, 0) is 9.59 Å². The molecule has 0 aromatic carbocycles. The smallest absolute Gasteiger partial charge is 0.315 e. The fourth-order valence-electron chi connectivity index (χ4n) is 2.03. The van der Waals surface area contributed by atoms with Crippen LogP contribution in [0.25, 0.3) is 0 Å². The van der Waals surface area contributed by atoms with Crippen molar-refractivity contribution in [3.63, 3.8) is 0 Å². The summed E-state index contributed by atoms with van der Waals surface area (Å²) in [6, 6.07) is 0. The summed E-state index contributed by atoms with van der Waals surface area (Å²) in [5, 5.41) is 3.09. The number of aryl methyl sites for hydroxylation is 2. The van der Waals surface area contributed by atoms with E-state index in [1.165, 1.54) is 11.3 Å². The lowest BCUT2D eigenvalue weighted by molar-refractivity contribution is -0.144. The molecule has 0 unspecified atom stereocenters. The van der Waals surface area contributed by atoms with Crippen molar-refractivity contribution in [2.24, 2.45) is 5.92 Å². The van der Waals surface area contributed by atoms with Gasteiger partial charge in [0.05, 0.1) is 5.69 Å². The van der Waals surface area contributed by atoms with Crippen LogP contribution in [0.15, 0.2) is 0 Å². The zero-order valence-electron chi connectivity index (χ0n) is 11.5. The van der Waals surface area contributed by atoms with Gasteiger partial charge in [0.25, 0.3) is 0 Å². The van der Waals surface area contributed by atoms with E-state index in [9.17, 15) is 9.59 Å². The molecule has 19 heavy (non-hydrogen) atoms. The summed E-state index contributed by atoms with van der Waals surface area (Å²) in [6.07, 6.45) is 1.93. The third-order valence-corrected chi connectivity index (χ3v) is 4.50. The van der Waals surface area contributed by atoms with Crippen molar-refractivity contribution in [3.05, 3.63) is 10.6 Å². The van der Waals surface area contributed by atoms with Gasteiger partial charge < -0.3 is 4.90 Å². The second-order valence-electron chi connectivity index (χ2n) is 5.09. The van der Waals surface area contributed by atoms with E-state index >= 15 is 0 Å². The van der Waals surface area contributed by atoms with E-state index in [4.69, 9.17) is 0 Å². The fraction of sp³-hybridized carbons (Fsp3) is 0.615. The third kappa shape index (κ3) is 3.32. The van der Waals surface area contributed by atoms with Gasteiger partial charge in [-0.3, -0.25) is 14.9 Å². The Balaban J connectivity index is 1.94. The molecule has 1 N–H and O–H groups in total. The highest BCUT2D eigenvalue weighted by Gasteiger charge is 2.26. The first-order chi connectivity index (χ1) is 8.97. The lowest BCUT2D eigenvalue weighted by Gasteiger charge is -2.29. The van der Waals surface area contributed by atoms with E-state index in [0.717, 1.165) is 23.4 Å². The van der Waals surface area contributed by atoms with E-state index in [2.05, 4.69) is 17.2 Å². The number of amides is 2. The van der Waals surface area contributed by atoms with Gasteiger partial charge in [-0.15, -0.1) is 11.3 Å². The van der Waals surface area contributed by atoms with Gasteiger partial charge in [0.15, 0.2) is 5.13 Å². The highest BCUT2D eigenvalue weighted by Crippen LogP contribution is 2.21. The molecule has 1 aliphatic heterocycles. The van der Waals surface area contributed by atoms with E-state index in [1.54, 1.807) is 4.90 Å². The Hall–Kier alpha value is -1.43. The molecule has 1 saturated heterocycles. The normalized spacial score (nSPS) is 16.5. The number of anilines is 1. The predicted octanol–water partition coefficient (Wildman–Crippen LogP) is 1.96. The van der Waals surface area contributed by atoms with E-state index in [0.29, 0.717) is 24.1 Å². The van der Waals surface area contributed by atoms with Crippen molar-refractivity contribution in [1.29, 1.82) is 0 Å². The second kappa shape index (κ2) is 5.69. The van der Waals surface area contributed by atoms with Crippen molar-refractivity contribution >= 4 is 28.3 Å². The number of nitrogens with zero attached hydrogens (tertiary/aromatic N) is 2. The van der Waals surface area contributed by atoms with Crippen molar-refractivity contribution < 1.29 is 9.59 Å². The van der Waals surface area contributed by atoms with Gasteiger partial charge in [0.2, 0.25) is 0 Å². The number of piperidine rings is 1. The van der Waals surface area contributed by atoms with Crippen LogP contribution in [0.2, 0.25) is 0 Å². The molecule has 0 radical (unpaired) electrons. The van der Waals surface area contributed by atoms with E-state index < -0.39 is 11.8 Å². The predicted molar refractivity (Wildman–Crippen MR) is 75.2 cm³/mol. The number of nitrogens with one attached hydrogen (secondary N) is 1. The molecule has 0 bridgehead atoms. The van der Waals surface area contributed by atoms with Crippen molar-refractivity contribution in [1.82, 2.24) is 9.88 Å². The van der Waals surface area contributed by atoms with Gasteiger partial charge in [-0.05, 0) is 32.6 Å². The molecule has 0 aliphatic carbocycles. The molecule has 2 rings (SSSR count). The molecule has 2 amide bonds. The summed E-state index contributed by atoms with van der Waals surface area (Å²) >= 11 is 1.39. The lowest BCUT2D eigenvalue weighted by atomic mass is 9.99. The maximum absolute atomic E-state index is 12.0. The van der Waals surface area contributed by atoms with Crippen LogP contribution in [-0.4, -0.2) is 34.8 Å². The van der Waals surface area contributed by atoms with E-state index in [-0.39, 0.29) is 0 Å². The second-order valence-corrected chi connectivity index (χ2v) is 6.29. The molecule has 6 heteroatoms. The number of hydrogen-bond acceptors (Lipinski definition) is 4. The minimum atomic E-state index is -0.580. The number of carbonyl (C=O) groups excluding carboxylic acids is 2. The Morgan fingerprint density at radius 3 is 2.47 bits per heavy atom. The third-order valence-electron chi connectivity index (χ3n) is 3.51. The maximum atomic E-state index is 12.0. The average molecular weight is 281 g/mol. The highest BCUT2D eigenvalue weighted by molar-refractivity contribution is 7.15. The van der Waals surface area contributed by atoms with Gasteiger partial charge in [-0.2, -0.15) is 0 Å². The Morgan fingerprint density at radius 2 is 1.95 bits per heavy atom. The number of carbonyl (C=O) groups is 2. The summed E-state index contributed by atoms with van der Waals surface area (Å²) in [6.45, 7) is 7.33. The first-order valence-electron chi connectivity index (χ1n) is 6.51. The zero-order chi connectivity index (χ0) is 14.0. The van der Waals surface area contributed by atoms with Gasteiger partial charge in [0, 0.05) is 18.0 Å². The summed E-state index contributed by atoms with van der Waals surface area (Å²) < 4.78 is 0. The first kappa shape index (κ1) is 14.0. The monoisotopic (exact) mass is 281 g/mol. The maximum Gasteiger partial charge on any atom is 0.315 e. The fourth-order valence-corrected chi connectivity index (χ4v) is 2.84. The topological polar surface area (TPSA) is 62.3 Å². The quantitative estimate of drug-likeness (QED) is 0.800. The number of aromatic nitrogens is 1. The molecule has 1 aromatic heterocycles. The molecule has 1 aliphatic rings. The molecular formula is C13H19N3O2S.